The number of fused-ring (bicyclic) bond motifs is 1. The Morgan fingerprint density at radius 3 is 2.65 bits per heavy atom. The van der Waals surface area contributed by atoms with E-state index >= 15 is 0 Å². The third-order valence-electron chi connectivity index (χ3n) is 6.03. The van der Waals surface area contributed by atoms with Gasteiger partial charge < -0.3 is 14.6 Å². The quantitative estimate of drug-likeness (QED) is 0.424. The minimum atomic E-state index is -0.831. The number of carbonyl (C=O) groups is 1. The van der Waals surface area contributed by atoms with Crippen molar-refractivity contribution in [3.05, 3.63) is 69.7 Å². The van der Waals surface area contributed by atoms with Crippen LogP contribution in [-0.4, -0.2) is 28.0 Å². The highest BCUT2D eigenvalue weighted by Gasteiger charge is 2.27. The number of carbonyl (C=O) groups excluding carboxylic acids is 1. The topological polar surface area (TPSA) is 99.2 Å². The molecule has 1 unspecified atom stereocenters. The molecule has 0 radical (unpaired) electrons. The summed E-state index contributed by atoms with van der Waals surface area (Å²) in [6.07, 6.45) is 1.14. The normalized spacial score (nSPS) is 12.0. The first-order chi connectivity index (χ1) is 16.4. The van der Waals surface area contributed by atoms with Crippen molar-refractivity contribution in [1.82, 2.24) is 14.9 Å². The summed E-state index contributed by atoms with van der Waals surface area (Å²) >= 11 is 0. The summed E-state index contributed by atoms with van der Waals surface area (Å²) in [7, 11) is 1.58. The van der Waals surface area contributed by atoms with Gasteiger partial charge in [-0.2, -0.15) is 5.10 Å². The van der Waals surface area contributed by atoms with Gasteiger partial charge in [0.1, 0.15) is 23.2 Å². The summed E-state index contributed by atoms with van der Waals surface area (Å²) in [4.78, 5) is 26.8. The maximum absolute atomic E-state index is 13.4. The Balaban J connectivity index is 1.85. The number of hydrogen-bond donors (Lipinski definition) is 1. The van der Waals surface area contributed by atoms with E-state index in [4.69, 9.17) is 9.26 Å². The van der Waals surface area contributed by atoms with Crippen LogP contribution in [0.4, 0.5) is 5.69 Å². The maximum Gasteiger partial charge on any atom is 0.297 e. The molecule has 8 nitrogen and oxygen atoms in total. The van der Waals surface area contributed by atoms with E-state index in [1.807, 2.05) is 63.2 Å². The number of aromatic nitrogens is 3. The average molecular weight is 461 g/mol. The zero-order valence-electron chi connectivity index (χ0n) is 20.0. The number of nitrogens with one attached hydrogen (secondary N) is 1. The van der Waals surface area contributed by atoms with Crippen molar-refractivity contribution in [3.63, 3.8) is 0 Å². The molecule has 0 aliphatic carbocycles. The molecule has 0 saturated heterocycles. The van der Waals surface area contributed by atoms with Gasteiger partial charge in [-0.1, -0.05) is 49.3 Å². The van der Waals surface area contributed by atoms with Gasteiger partial charge in [-0.05, 0) is 49.9 Å². The van der Waals surface area contributed by atoms with Crippen molar-refractivity contribution in [2.24, 2.45) is 0 Å². The van der Waals surface area contributed by atoms with Gasteiger partial charge in [0, 0.05) is 11.3 Å². The number of benzene rings is 2. The monoisotopic (exact) mass is 460 g/mol. The lowest BCUT2D eigenvalue weighted by Crippen LogP contribution is -2.35. The van der Waals surface area contributed by atoms with Crippen LogP contribution >= 0.6 is 0 Å². The SMILES string of the molecule is CCc1cccc(C)c1NC(=O)C(CC)n1nc(-c2cccc(OC)c2)c2c(C)onc2c1=O. The lowest BCUT2D eigenvalue weighted by molar-refractivity contribution is -0.119. The third kappa shape index (κ3) is 4.07. The van der Waals surface area contributed by atoms with Crippen LogP contribution in [0.25, 0.3) is 22.2 Å². The van der Waals surface area contributed by atoms with Gasteiger partial charge in [0.15, 0.2) is 5.52 Å². The fourth-order valence-electron chi connectivity index (χ4n) is 4.17. The van der Waals surface area contributed by atoms with Crippen molar-refractivity contribution in [3.8, 4) is 17.0 Å². The van der Waals surface area contributed by atoms with Crippen LogP contribution in [0.5, 0.6) is 5.75 Å². The van der Waals surface area contributed by atoms with E-state index < -0.39 is 11.6 Å². The van der Waals surface area contributed by atoms with Crippen LogP contribution in [0.1, 0.15) is 43.2 Å². The smallest absolute Gasteiger partial charge is 0.297 e. The molecule has 4 aromatic rings. The molecule has 0 spiro atoms. The summed E-state index contributed by atoms with van der Waals surface area (Å²) in [5.41, 5.74) is 3.66. The Morgan fingerprint density at radius 1 is 1.18 bits per heavy atom. The number of para-hydroxylation sites is 1. The van der Waals surface area contributed by atoms with Gasteiger partial charge in [-0.3, -0.25) is 9.59 Å². The summed E-state index contributed by atoms with van der Waals surface area (Å²) in [6, 6.07) is 12.4. The molecule has 1 amide bonds. The first kappa shape index (κ1) is 23.2. The Hall–Kier alpha value is -3.94. The van der Waals surface area contributed by atoms with Crippen molar-refractivity contribution in [2.45, 2.75) is 46.6 Å². The van der Waals surface area contributed by atoms with Crippen molar-refractivity contribution >= 4 is 22.5 Å². The molecule has 2 aromatic carbocycles. The highest BCUT2D eigenvalue weighted by atomic mass is 16.5. The van der Waals surface area contributed by atoms with Crippen LogP contribution in [0.2, 0.25) is 0 Å². The van der Waals surface area contributed by atoms with Gasteiger partial charge in [-0.15, -0.1) is 0 Å². The summed E-state index contributed by atoms with van der Waals surface area (Å²) < 4.78 is 11.9. The molecule has 0 aliphatic rings. The minimum absolute atomic E-state index is 0.140. The zero-order valence-corrected chi connectivity index (χ0v) is 20.0. The second-order valence-electron chi connectivity index (χ2n) is 8.17. The number of rotatable bonds is 7. The number of aryl methyl sites for hydroxylation is 3. The number of anilines is 1. The minimum Gasteiger partial charge on any atom is -0.497 e. The predicted octanol–water partition coefficient (Wildman–Crippen LogP) is 4.83. The second-order valence-corrected chi connectivity index (χ2v) is 8.17. The number of nitrogens with zero attached hydrogens (tertiary/aromatic N) is 3. The molecule has 0 aliphatic heterocycles. The first-order valence-electron chi connectivity index (χ1n) is 11.3. The number of hydrogen-bond acceptors (Lipinski definition) is 6. The summed E-state index contributed by atoms with van der Waals surface area (Å²) in [6.45, 7) is 7.57. The van der Waals surface area contributed by atoms with E-state index in [2.05, 4.69) is 15.6 Å². The Morgan fingerprint density at radius 2 is 1.94 bits per heavy atom. The van der Waals surface area contributed by atoms with Gasteiger partial charge in [-0.25, -0.2) is 4.68 Å². The van der Waals surface area contributed by atoms with Crippen LogP contribution in [0.3, 0.4) is 0 Å². The second kappa shape index (κ2) is 9.51. The van der Waals surface area contributed by atoms with Crippen molar-refractivity contribution in [2.75, 3.05) is 12.4 Å². The summed E-state index contributed by atoms with van der Waals surface area (Å²) in [5.74, 6) is 0.822. The van der Waals surface area contributed by atoms with E-state index in [0.29, 0.717) is 29.0 Å². The highest BCUT2D eigenvalue weighted by molar-refractivity contribution is 5.96. The molecule has 8 heteroatoms. The molecule has 34 heavy (non-hydrogen) atoms. The van der Waals surface area contributed by atoms with Crippen molar-refractivity contribution in [1.29, 1.82) is 0 Å². The molecule has 176 valence electrons. The fraction of sp³-hybridized carbons (Fsp3) is 0.308. The van der Waals surface area contributed by atoms with E-state index in [0.717, 1.165) is 28.8 Å². The Kier molecular flexibility index (Phi) is 6.49. The molecule has 0 fully saturated rings. The van der Waals surface area contributed by atoms with E-state index in [1.165, 1.54) is 4.68 Å². The van der Waals surface area contributed by atoms with Crippen LogP contribution in [-0.2, 0) is 11.2 Å². The third-order valence-corrected chi connectivity index (χ3v) is 6.03. The standard InChI is InChI=1S/C26H28N4O4/c1-6-17-11-8-10-15(3)22(17)27-25(31)20(7-2)30-26(32)24-21(16(4)34-29-24)23(28-30)18-12-9-13-19(14-18)33-5/h8-14,20H,6-7H2,1-5H3,(H,27,31). The van der Waals surface area contributed by atoms with Gasteiger partial charge >= 0.3 is 0 Å². The summed E-state index contributed by atoms with van der Waals surface area (Å²) in [5, 5.41) is 12.2. The van der Waals surface area contributed by atoms with E-state index in [-0.39, 0.29) is 11.4 Å². The van der Waals surface area contributed by atoms with Gasteiger partial charge in [0.2, 0.25) is 5.91 Å². The molecule has 2 aromatic heterocycles. The predicted molar refractivity (Wildman–Crippen MR) is 131 cm³/mol. The lowest BCUT2D eigenvalue weighted by Gasteiger charge is -2.20. The molecule has 1 N–H and O–H groups in total. The molecule has 0 saturated carbocycles. The zero-order chi connectivity index (χ0) is 24.4. The van der Waals surface area contributed by atoms with Crippen LogP contribution < -0.4 is 15.6 Å². The first-order valence-corrected chi connectivity index (χ1v) is 11.3. The van der Waals surface area contributed by atoms with E-state index in [1.54, 1.807) is 14.0 Å². The highest BCUT2D eigenvalue weighted by Crippen LogP contribution is 2.30. The van der Waals surface area contributed by atoms with E-state index in [9.17, 15) is 9.59 Å². The molecule has 1 atom stereocenters. The van der Waals surface area contributed by atoms with Crippen LogP contribution in [0, 0.1) is 13.8 Å². The number of methoxy groups -OCH3 is 1. The average Bonchev–Trinajstić information content (AvgIpc) is 3.24. The maximum atomic E-state index is 13.4. The molecule has 2 heterocycles. The Bertz CT molecular complexity index is 1420. The van der Waals surface area contributed by atoms with Crippen LogP contribution in [0.15, 0.2) is 51.8 Å². The van der Waals surface area contributed by atoms with Crippen molar-refractivity contribution < 1.29 is 14.1 Å². The number of ether oxygens (including phenoxy) is 1. The largest absolute Gasteiger partial charge is 0.497 e. The molecular formula is C26H28N4O4. The fourth-order valence-corrected chi connectivity index (χ4v) is 4.17. The molecule has 4 rings (SSSR count). The van der Waals surface area contributed by atoms with Gasteiger partial charge in [0.25, 0.3) is 5.56 Å². The molecular weight excluding hydrogens is 432 g/mol. The van der Waals surface area contributed by atoms with Gasteiger partial charge in [0.05, 0.1) is 12.5 Å². The number of amides is 1. The Labute approximate surface area is 197 Å². The lowest BCUT2D eigenvalue weighted by atomic mass is 10.0. The molecule has 0 bridgehead atoms.